The zero-order valence-electron chi connectivity index (χ0n) is 11.7. The first-order valence-electron chi connectivity index (χ1n) is 5.81. The fourth-order valence-corrected chi connectivity index (χ4v) is 2.98. The number of fused-ring (bicyclic) bond motifs is 1. The van der Waals surface area contributed by atoms with Crippen molar-refractivity contribution in [2.75, 3.05) is 0 Å². The summed E-state index contributed by atoms with van der Waals surface area (Å²) in [6.07, 6.45) is 0. The number of rotatable bonds is 2. The lowest BCUT2D eigenvalue weighted by molar-refractivity contribution is -0.115. The van der Waals surface area contributed by atoms with Crippen LogP contribution in [0.4, 0.5) is 0 Å². The van der Waals surface area contributed by atoms with E-state index in [1.807, 2.05) is 0 Å². The summed E-state index contributed by atoms with van der Waals surface area (Å²) in [5.74, 6) is -1.02. The average Bonchev–Trinajstić information content (AvgIpc) is 2.35. The summed E-state index contributed by atoms with van der Waals surface area (Å²) in [6.45, 7) is 1.31. The minimum absolute atomic E-state index is 0.0442. The summed E-state index contributed by atoms with van der Waals surface area (Å²) in [5, 5.41) is 9.53. The number of hydrogen-bond acceptors (Lipinski definition) is 6. The van der Waals surface area contributed by atoms with Crippen LogP contribution in [0.2, 0.25) is 0 Å². The second kappa shape index (κ2) is 6.50. The Labute approximate surface area is 131 Å². The summed E-state index contributed by atoms with van der Waals surface area (Å²) in [7, 11) is -9.11. The van der Waals surface area contributed by atoms with E-state index in [2.05, 4.69) is 5.73 Å². The van der Waals surface area contributed by atoms with Gasteiger partial charge < -0.3 is 10.8 Å². The highest BCUT2D eigenvalue weighted by Gasteiger charge is 2.19. The van der Waals surface area contributed by atoms with Gasteiger partial charge in [-0.15, -0.1) is 0 Å². The van der Waals surface area contributed by atoms with E-state index < -0.39 is 35.8 Å². The number of primary amides is 1. The summed E-state index contributed by atoms with van der Waals surface area (Å²) >= 11 is 0. The van der Waals surface area contributed by atoms with Crippen LogP contribution < -0.4 is 5.73 Å². The van der Waals surface area contributed by atoms with Gasteiger partial charge in [0.2, 0.25) is 5.91 Å². The molecular formula is C12H13NO8S2. The molecule has 2 rings (SSSR count). The molecule has 23 heavy (non-hydrogen) atoms. The molecule has 2 aromatic rings. The Morgan fingerprint density at radius 1 is 1.04 bits per heavy atom. The number of benzene rings is 2. The third-order valence-corrected chi connectivity index (χ3v) is 4.19. The Balaban J connectivity index is 0.000000593. The summed E-state index contributed by atoms with van der Waals surface area (Å²) in [6, 6.07) is 5.34. The van der Waals surface area contributed by atoms with Gasteiger partial charge in [-0.05, 0) is 17.5 Å². The van der Waals surface area contributed by atoms with Gasteiger partial charge in [0.15, 0.2) is 0 Å². The standard InChI is InChI=1S/C10H8O7S2.C2H5NO/c11-8-5-7(18(12,13)14)4-6-2-1-3-9(10(6)8)19(15,16)17;1-2(3)4/h1-5,11H,(H,12,13,14)(H,15,16,17);1H3,(H2,3,4). The first-order valence-corrected chi connectivity index (χ1v) is 8.69. The maximum absolute atomic E-state index is 11.2. The molecule has 0 atom stereocenters. The Kier molecular flexibility index (Phi) is 5.32. The van der Waals surface area contributed by atoms with Gasteiger partial charge in [-0.1, -0.05) is 12.1 Å². The van der Waals surface area contributed by atoms with E-state index in [-0.39, 0.29) is 16.7 Å². The minimum atomic E-state index is -4.57. The highest BCUT2D eigenvalue weighted by molar-refractivity contribution is 7.86. The lowest BCUT2D eigenvalue weighted by atomic mass is 10.1. The predicted octanol–water partition coefficient (Wildman–Crippen LogP) is 0.530. The molecule has 126 valence electrons. The first-order chi connectivity index (χ1) is 10.3. The molecule has 0 fully saturated rings. The molecule has 0 saturated carbocycles. The third-order valence-electron chi connectivity index (χ3n) is 2.47. The number of amides is 1. The van der Waals surface area contributed by atoms with E-state index in [4.69, 9.17) is 9.11 Å². The molecule has 0 aliphatic heterocycles. The van der Waals surface area contributed by atoms with Crippen molar-refractivity contribution in [1.82, 2.24) is 0 Å². The molecule has 0 radical (unpaired) electrons. The molecular weight excluding hydrogens is 350 g/mol. The van der Waals surface area contributed by atoms with Crippen LogP contribution in [0.5, 0.6) is 5.75 Å². The van der Waals surface area contributed by atoms with Gasteiger partial charge in [-0.25, -0.2) is 0 Å². The van der Waals surface area contributed by atoms with Gasteiger partial charge in [0.25, 0.3) is 20.2 Å². The van der Waals surface area contributed by atoms with Crippen LogP contribution in [0.3, 0.4) is 0 Å². The molecule has 5 N–H and O–H groups in total. The molecule has 0 aliphatic carbocycles. The molecule has 1 amide bonds. The Hall–Kier alpha value is -2.21. The molecule has 0 saturated heterocycles. The Morgan fingerprint density at radius 2 is 1.57 bits per heavy atom. The van der Waals surface area contributed by atoms with Crippen LogP contribution in [0.15, 0.2) is 40.1 Å². The molecule has 0 spiro atoms. The molecule has 0 bridgehead atoms. The molecule has 0 aromatic heterocycles. The van der Waals surface area contributed by atoms with Crippen molar-refractivity contribution in [3.63, 3.8) is 0 Å². The quantitative estimate of drug-likeness (QED) is 0.559. The smallest absolute Gasteiger partial charge is 0.295 e. The van der Waals surface area contributed by atoms with E-state index in [9.17, 15) is 26.7 Å². The zero-order chi connectivity index (χ0) is 18.0. The first kappa shape index (κ1) is 18.8. The molecule has 0 aliphatic rings. The molecule has 0 heterocycles. The number of hydrogen-bond donors (Lipinski definition) is 4. The fourth-order valence-electron chi connectivity index (χ4n) is 1.71. The van der Waals surface area contributed by atoms with Crippen molar-refractivity contribution in [3.05, 3.63) is 30.3 Å². The lowest BCUT2D eigenvalue weighted by Crippen LogP contribution is -2.01. The number of phenolic OH excluding ortho intramolecular Hbond substituents is 1. The topological polar surface area (TPSA) is 172 Å². The monoisotopic (exact) mass is 363 g/mol. The van der Waals surface area contributed by atoms with E-state index >= 15 is 0 Å². The van der Waals surface area contributed by atoms with Crippen LogP contribution >= 0.6 is 0 Å². The van der Waals surface area contributed by atoms with Gasteiger partial charge in [-0.2, -0.15) is 16.8 Å². The van der Waals surface area contributed by atoms with E-state index in [0.717, 1.165) is 12.1 Å². The third kappa shape index (κ3) is 4.89. The lowest BCUT2D eigenvalue weighted by Gasteiger charge is -2.07. The Morgan fingerprint density at radius 3 is 2.00 bits per heavy atom. The maximum atomic E-state index is 11.2. The van der Waals surface area contributed by atoms with E-state index in [1.54, 1.807) is 0 Å². The van der Waals surface area contributed by atoms with Crippen molar-refractivity contribution in [3.8, 4) is 5.75 Å². The van der Waals surface area contributed by atoms with Crippen molar-refractivity contribution in [1.29, 1.82) is 0 Å². The van der Waals surface area contributed by atoms with Crippen LogP contribution in [0, 0.1) is 0 Å². The van der Waals surface area contributed by atoms with Crippen molar-refractivity contribution >= 4 is 36.9 Å². The highest BCUT2D eigenvalue weighted by Crippen LogP contribution is 2.33. The second-order valence-electron chi connectivity index (χ2n) is 4.36. The highest BCUT2D eigenvalue weighted by atomic mass is 32.2. The summed E-state index contributed by atoms with van der Waals surface area (Å²) in [5.41, 5.74) is 4.47. The zero-order valence-corrected chi connectivity index (χ0v) is 13.3. The van der Waals surface area contributed by atoms with Gasteiger partial charge in [0.05, 0.1) is 4.90 Å². The predicted molar refractivity (Wildman–Crippen MR) is 80.1 cm³/mol. The number of nitrogens with two attached hydrogens (primary N) is 1. The van der Waals surface area contributed by atoms with Crippen molar-refractivity contribution in [2.24, 2.45) is 5.73 Å². The van der Waals surface area contributed by atoms with Crippen molar-refractivity contribution < 1.29 is 35.8 Å². The summed E-state index contributed by atoms with van der Waals surface area (Å²) in [4.78, 5) is 8.09. The molecule has 9 nitrogen and oxygen atoms in total. The number of phenols is 1. The van der Waals surface area contributed by atoms with Gasteiger partial charge in [-0.3, -0.25) is 13.9 Å². The Bertz CT molecular complexity index is 960. The van der Waals surface area contributed by atoms with Crippen LogP contribution in [-0.2, 0) is 25.0 Å². The second-order valence-corrected chi connectivity index (χ2v) is 7.17. The summed E-state index contributed by atoms with van der Waals surface area (Å²) < 4.78 is 62.2. The van der Waals surface area contributed by atoms with Gasteiger partial charge in [0.1, 0.15) is 10.6 Å². The number of carbonyl (C=O) groups is 1. The fraction of sp³-hybridized carbons (Fsp3) is 0.0833. The largest absolute Gasteiger partial charge is 0.507 e. The van der Waals surface area contributed by atoms with Crippen LogP contribution in [0.1, 0.15) is 6.92 Å². The van der Waals surface area contributed by atoms with E-state index in [0.29, 0.717) is 6.07 Å². The van der Waals surface area contributed by atoms with Crippen LogP contribution in [0.25, 0.3) is 10.8 Å². The van der Waals surface area contributed by atoms with Gasteiger partial charge in [0, 0.05) is 18.4 Å². The normalized spacial score (nSPS) is 11.6. The SMILES string of the molecule is CC(N)=O.O=S(=O)(O)c1cc(O)c2c(S(=O)(=O)O)cccc2c1. The van der Waals surface area contributed by atoms with Gasteiger partial charge >= 0.3 is 0 Å². The molecule has 11 heteroatoms. The van der Waals surface area contributed by atoms with Crippen molar-refractivity contribution in [2.45, 2.75) is 16.7 Å². The average molecular weight is 363 g/mol. The van der Waals surface area contributed by atoms with Crippen LogP contribution in [-0.4, -0.2) is 37.0 Å². The molecule has 0 unspecified atom stereocenters. The minimum Gasteiger partial charge on any atom is -0.507 e. The van der Waals surface area contributed by atoms with E-state index in [1.165, 1.54) is 19.1 Å². The maximum Gasteiger partial charge on any atom is 0.295 e. The number of aromatic hydroxyl groups is 1. The number of carbonyl (C=O) groups excluding carboxylic acids is 1. The molecule has 2 aromatic carbocycles.